The van der Waals surface area contributed by atoms with E-state index in [-0.39, 0.29) is 17.4 Å². The maximum absolute atomic E-state index is 12.2. The minimum Gasteiger partial charge on any atom is -0.450 e. The van der Waals surface area contributed by atoms with E-state index < -0.39 is 0 Å². The smallest absolute Gasteiger partial charge is 0.410 e. The van der Waals surface area contributed by atoms with E-state index >= 15 is 0 Å². The molecule has 6 nitrogen and oxygen atoms in total. The number of amides is 2. The van der Waals surface area contributed by atoms with Crippen molar-refractivity contribution in [1.82, 2.24) is 15.1 Å². The second-order valence-electron chi connectivity index (χ2n) is 8.46. The fourth-order valence-corrected chi connectivity index (χ4v) is 5.69. The van der Waals surface area contributed by atoms with E-state index in [1.165, 1.54) is 6.42 Å². The Morgan fingerprint density at radius 2 is 1.96 bits per heavy atom. The van der Waals surface area contributed by atoms with Crippen LogP contribution in [0.25, 0.3) is 0 Å². The SMILES string of the molecule is CCOC(=O)N1C2CCC1CC(N1CCCC3(CC1)CNC(=O)C3)C2. The molecule has 4 aliphatic heterocycles. The zero-order valence-corrected chi connectivity index (χ0v) is 15.3. The summed E-state index contributed by atoms with van der Waals surface area (Å²) in [6.07, 6.45) is 8.48. The molecule has 3 atom stereocenters. The Bertz CT molecular complexity index is 526. The van der Waals surface area contributed by atoms with E-state index in [9.17, 15) is 9.59 Å². The van der Waals surface area contributed by atoms with Crippen LogP contribution in [0.1, 0.15) is 58.3 Å². The number of rotatable bonds is 2. The number of piperidine rings is 1. The Labute approximate surface area is 150 Å². The summed E-state index contributed by atoms with van der Waals surface area (Å²) in [6, 6.07) is 1.30. The molecular formula is C19H31N3O3. The van der Waals surface area contributed by atoms with Crippen molar-refractivity contribution in [3.05, 3.63) is 0 Å². The molecule has 1 N–H and O–H groups in total. The molecule has 25 heavy (non-hydrogen) atoms. The maximum atomic E-state index is 12.2. The largest absolute Gasteiger partial charge is 0.450 e. The van der Waals surface area contributed by atoms with Gasteiger partial charge in [0.15, 0.2) is 0 Å². The first-order chi connectivity index (χ1) is 12.1. The second kappa shape index (κ2) is 6.78. The van der Waals surface area contributed by atoms with Gasteiger partial charge in [-0.25, -0.2) is 4.79 Å². The molecule has 4 rings (SSSR count). The second-order valence-corrected chi connectivity index (χ2v) is 8.46. The van der Waals surface area contributed by atoms with E-state index in [4.69, 9.17) is 4.74 Å². The third-order valence-corrected chi connectivity index (χ3v) is 6.98. The number of hydrogen-bond donors (Lipinski definition) is 1. The van der Waals surface area contributed by atoms with Crippen molar-refractivity contribution >= 4 is 12.0 Å². The number of fused-ring (bicyclic) bond motifs is 2. The van der Waals surface area contributed by atoms with Crippen LogP contribution in [-0.4, -0.2) is 66.2 Å². The van der Waals surface area contributed by atoms with Gasteiger partial charge in [-0.15, -0.1) is 0 Å². The Balaban J connectivity index is 1.38. The molecule has 0 radical (unpaired) electrons. The molecule has 140 valence electrons. The fourth-order valence-electron chi connectivity index (χ4n) is 5.69. The zero-order valence-electron chi connectivity index (χ0n) is 15.3. The van der Waals surface area contributed by atoms with Gasteiger partial charge in [0.2, 0.25) is 5.91 Å². The lowest BCUT2D eigenvalue weighted by Crippen LogP contribution is -2.52. The highest BCUT2D eigenvalue weighted by Gasteiger charge is 2.46. The maximum Gasteiger partial charge on any atom is 0.410 e. The fraction of sp³-hybridized carbons (Fsp3) is 0.895. The summed E-state index contributed by atoms with van der Waals surface area (Å²) in [5, 5.41) is 3.04. The molecule has 0 aliphatic carbocycles. The Kier molecular flexibility index (Phi) is 4.65. The molecule has 1 spiro atoms. The molecule has 0 saturated carbocycles. The average Bonchev–Trinajstić information content (AvgIpc) is 2.98. The van der Waals surface area contributed by atoms with Crippen LogP contribution in [0, 0.1) is 5.41 Å². The lowest BCUT2D eigenvalue weighted by Gasteiger charge is -2.42. The first kappa shape index (κ1) is 17.1. The van der Waals surface area contributed by atoms with Gasteiger partial charge < -0.3 is 19.9 Å². The van der Waals surface area contributed by atoms with Crippen LogP contribution in [-0.2, 0) is 9.53 Å². The van der Waals surface area contributed by atoms with Crippen molar-refractivity contribution < 1.29 is 14.3 Å². The summed E-state index contributed by atoms with van der Waals surface area (Å²) in [7, 11) is 0. The molecule has 4 fully saturated rings. The van der Waals surface area contributed by atoms with E-state index in [0.29, 0.717) is 31.2 Å². The minimum absolute atomic E-state index is 0.112. The molecule has 2 amide bonds. The average molecular weight is 349 g/mol. The quantitative estimate of drug-likeness (QED) is 0.830. The van der Waals surface area contributed by atoms with Crippen LogP contribution >= 0.6 is 0 Å². The van der Waals surface area contributed by atoms with Gasteiger partial charge >= 0.3 is 6.09 Å². The summed E-state index contributed by atoms with van der Waals surface area (Å²) in [4.78, 5) is 28.6. The molecule has 4 aliphatic rings. The van der Waals surface area contributed by atoms with Crippen molar-refractivity contribution in [2.45, 2.75) is 76.4 Å². The summed E-state index contributed by atoms with van der Waals surface area (Å²) in [5.74, 6) is 0.231. The number of hydrogen-bond acceptors (Lipinski definition) is 4. The van der Waals surface area contributed by atoms with Gasteiger partial charge in [-0.1, -0.05) is 0 Å². The van der Waals surface area contributed by atoms with Gasteiger partial charge in [0.25, 0.3) is 0 Å². The predicted octanol–water partition coefficient (Wildman–Crippen LogP) is 2.13. The standard InChI is InChI=1S/C19H31N3O3/c1-2-25-18(24)22-14-4-5-15(22)11-16(10-14)21-8-3-6-19(7-9-21)12-17(23)20-13-19/h14-16H,2-13H2,1H3,(H,20,23). The number of carbonyl (C=O) groups excluding carboxylic acids is 2. The summed E-state index contributed by atoms with van der Waals surface area (Å²) in [5.41, 5.74) is 0.205. The molecule has 6 heteroatoms. The Hall–Kier alpha value is -1.30. The van der Waals surface area contributed by atoms with Gasteiger partial charge in [0.05, 0.1) is 6.61 Å². The van der Waals surface area contributed by atoms with Crippen molar-refractivity contribution in [3.8, 4) is 0 Å². The molecule has 4 saturated heterocycles. The number of nitrogens with one attached hydrogen (secondary N) is 1. The van der Waals surface area contributed by atoms with E-state index in [1.807, 2.05) is 11.8 Å². The van der Waals surface area contributed by atoms with Gasteiger partial charge in [-0.2, -0.15) is 0 Å². The lowest BCUT2D eigenvalue weighted by atomic mass is 9.80. The van der Waals surface area contributed by atoms with Crippen molar-refractivity contribution in [2.24, 2.45) is 5.41 Å². The predicted molar refractivity (Wildman–Crippen MR) is 94.2 cm³/mol. The van der Waals surface area contributed by atoms with Crippen molar-refractivity contribution in [2.75, 3.05) is 26.2 Å². The molecular weight excluding hydrogens is 318 g/mol. The first-order valence-corrected chi connectivity index (χ1v) is 10.1. The van der Waals surface area contributed by atoms with Crippen LogP contribution in [0.5, 0.6) is 0 Å². The van der Waals surface area contributed by atoms with Crippen molar-refractivity contribution in [1.29, 1.82) is 0 Å². The van der Waals surface area contributed by atoms with Gasteiger partial charge in [0, 0.05) is 31.1 Å². The van der Waals surface area contributed by atoms with Crippen molar-refractivity contribution in [3.63, 3.8) is 0 Å². The monoisotopic (exact) mass is 349 g/mol. The third kappa shape index (κ3) is 3.25. The lowest BCUT2D eigenvalue weighted by molar-refractivity contribution is -0.119. The molecule has 0 aromatic rings. The highest BCUT2D eigenvalue weighted by atomic mass is 16.6. The zero-order chi connectivity index (χ0) is 17.4. The van der Waals surface area contributed by atoms with E-state index in [1.54, 1.807) is 0 Å². The Morgan fingerprint density at radius 3 is 2.60 bits per heavy atom. The van der Waals surface area contributed by atoms with Crippen LogP contribution in [0.4, 0.5) is 4.79 Å². The third-order valence-electron chi connectivity index (χ3n) is 6.98. The number of nitrogens with zero attached hydrogens (tertiary/aromatic N) is 2. The summed E-state index contributed by atoms with van der Waals surface area (Å²) >= 11 is 0. The molecule has 4 heterocycles. The number of likely N-dealkylation sites (tertiary alicyclic amines) is 1. The topological polar surface area (TPSA) is 61.9 Å². The number of ether oxygens (including phenoxy) is 1. The molecule has 2 bridgehead atoms. The highest BCUT2D eigenvalue weighted by Crippen LogP contribution is 2.41. The van der Waals surface area contributed by atoms with E-state index in [2.05, 4.69) is 10.2 Å². The molecule has 0 aromatic carbocycles. The first-order valence-electron chi connectivity index (χ1n) is 10.1. The summed E-state index contributed by atoms with van der Waals surface area (Å²) < 4.78 is 5.27. The number of carbonyl (C=O) groups is 2. The van der Waals surface area contributed by atoms with Gasteiger partial charge in [0.1, 0.15) is 0 Å². The Morgan fingerprint density at radius 1 is 1.20 bits per heavy atom. The normalized spacial score (nSPS) is 38.7. The molecule has 3 unspecified atom stereocenters. The van der Waals surface area contributed by atoms with Gasteiger partial charge in [-0.05, 0) is 70.4 Å². The van der Waals surface area contributed by atoms with Crippen LogP contribution in [0.3, 0.4) is 0 Å². The van der Waals surface area contributed by atoms with Crippen LogP contribution in [0.2, 0.25) is 0 Å². The molecule has 0 aromatic heterocycles. The van der Waals surface area contributed by atoms with Gasteiger partial charge in [-0.3, -0.25) is 4.79 Å². The summed E-state index contributed by atoms with van der Waals surface area (Å²) in [6.45, 7) is 5.44. The van der Waals surface area contributed by atoms with Crippen LogP contribution in [0.15, 0.2) is 0 Å². The minimum atomic E-state index is -0.112. The van der Waals surface area contributed by atoms with E-state index in [0.717, 1.165) is 58.2 Å². The highest BCUT2D eigenvalue weighted by molar-refractivity contribution is 5.79. The van der Waals surface area contributed by atoms with Crippen LogP contribution < -0.4 is 5.32 Å².